The van der Waals surface area contributed by atoms with Crippen molar-refractivity contribution in [1.82, 2.24) is 5.32 Å². The standard InChI is InChI=1S/C87H169NO5/c1-3-5-7-9-11-13-15-17-19-21-44-49-53-57-61-65-69-73-77-81-87(92)93-82-78-74-70-66-62-58-54-50-46-43-41-39-37-35-33-31-29-27-25-23-24-26-28-30-32-34-36-38-40-42-45-48-52-56-60-64-68-72-76-80-86(91)88-84(83-89)85(90)79-75-71-67-63-59-55-51-47-22-20-18-16-14-12-10-8-6-4-2/h23-24,27,29,84-85,89-90H,3-22,25-26,28,30-83H2,1-2H3,(H,88,91)/b24-23-,29-27-. The molecule has 0 fully saturated rings. The second-order valence-corrected chi connectivity index (χ2v) is 29.9. The molecule has 0 radical (unpaired) electrons. The number of esters is 1. The van der Waals surface area contributed by atoms with Crippen LogP contribution in [-0.4, -0.2) is 47.4 Å². The van der Waals surface area contributed by atoms with Gasteiger partial charge in [-0.05, 0) is 57.8 Å². The predicted octanol–water partition coefficient (Wildman–Crippen LogP) is 28.8. The first kappa shape index (κ1) is 91.3. The quantitative estimate of drug-likeness (QED) is 0.0320. The zero-order chi connectivity index (χ0) is 67.0. The zero-order valence-electron chi connectivity index (χ0n) is 63.5. The summed E-state index contributed by atoms with van der Waals surface area (Å²) in [5.41, 5.74) is 0. The van der Waals surface area contributed by atoms with E-state index in [1.165, 1.54) is 417 Å². The normalized spacial score (nSPS) is 12.5. The number of amides is 1. The van der Waals surface area contributed by atoms with E-state index in [0.717, 1.165) is 44.9 Å². The molecule has 6 heteroatoms. The van der Waals surface area contributed by atoms with Gasteiger partial charge in [-0.25, -0.2) is 0 Å². The van der Waals surface area contributed by atoms with E-state index in [0.29, 0.717) is 25.9 Å². The highest BCUT2D eigenvalue weighted by molar-refractivity contribution is 5.76. The third-order valence-corrected chi connectivity index (χ3v) is 20.5. The minimum atomic E-state index is -0.663. The van der Waals surface area contributed by atoms with E-state index in [4.69, 9.17) is 4.74 Å². The van der Waals surface area contributed by atoms with Crippen LogP contribution in [0.25, 0.3) is 0 Å². The number of carbonyl (C=O) groups is 2. The molecule has 0 aromatic rings. The number of aliphatic hydroxyl groups is 2. The van der Waals surface area contributed by atoms with Gasteiger partial charge in [0.15, 0.2) is 0 Å². The number of hydrogen-bond acceptors (Lipinski definition) is 5. The van der Waals surface area contributed by atoms with E-state index in [1.54, 1.807) is 0 Å². The maximum atomic E-state index is 12.6. The van der Waals surface area contributed by atoms with Gasteiger partial charge < -0.3 is 20.3 Å². The molecule has 552 valence electrons. The number of ether oxygens (including phenoxy) is 1. The lowest BCUT2D eigenvalue weighted by Gasteiger charge is -2.22. The lowest BCUT2D eigenvalue weighted by molar-refractivity contribution is -0.143. The van der Waals surface area contributed by atoms with Crippen molar-refractivity contribution >= 4 is 11.9 Å². The summed E-state index contributed by atoms with van der Waals surface area (Å²) in [6, 6.07) is -0.540. The SMILES string of the molecule is CCCCCCCCCCCCCCCCCCCCCC(=O)OCCCCCCCCCCCCCCCCC/C=C\C/C=C\CCCCCCCCCCCCCCCCCCCC(=O)NC(CO)C(O)CCCCCCCCCCCCCCCCCCCC. The summed E-state index contributed by atoms with van der Waals surface area (Å²) >= 11 is 0. The van der Waals surface area contributed by atoms with Crippen LogP contribution < -0.4 is 5.32 Å². The third-order valence-electron chi connectivity index (χ3n) is 20.5. The highest BCUT2D eigenvalue weighted by Crippen LogP contribution is 2.21. The van der Waals surface area contributed by atoms with Gasteiger partial charge in [0.05, 0.1) is 25.4 Å². The first-order valence-electron chi connectivity index (χ1n) is 43.1. The van der Waals surface area contributed by atoms with Crippen LogP contribution in [0.3, 0.4) is 0 Å². The fourth-order valence-electron chi connectivity index (χ4n) is 14.0. The lowest BCUT2D eigenvalue weighted by atomic mass is 10.0. The van der Waals surface area contributed by atoms with Gasteiger partial charge in [-0.3, -0.25) is 9.59 Å². The fraction of sp³-hybridized carbons (Fsp3) is 0.931. The molecule has 0 bridgehead atoms. The molecule has 0 aromatic heterocycles. The molecule has 0 aliphatic carbocycles. The van der Waals surface area contributed by atoms with Crippen molar-refractivity contribution < 1.29 is 24.5 Å². The molecule has 6 nitrogen and oxygen atoms in total. The highest BCUT2D eigenvalue weighted by atomic mass is 16.5. The Morgan fingerprint density at radius 2 is 0.538 bits per heavy atom. The maximum Gasteiger partial charge on any atom is 0.305 e. The Hall–Kier alpha value is -1.66. The Kier molecular flexibility index (Phi) is 81.3. The lowest BCUT2D eigenvalue weighted by Crippen LogP contribution is -2.45. The second kappa shape index (κ2) is 82.8. The van der Waals surface area contributed by atoms with Crippen molar-refractivity contribution in [3.63, 3.8) is 0 Å². The Morgan fingerprint density at radius 3 is 0.817 bits per heavy atom. The number of hydrogen-bond donors (Lipinski definition) is 3. The number of aliphatic hydroxyl groups excluding tert-OH is 2. The van der Waals surface area contributed by atoms with Gasteiger partial charge in [-0.1, -0.05) is 449 Å². The number of unbranched alkanes of at least 4 members (excludes halogenated alkanes) is 67. The van der Waals surface area contributed by atoms with Crippen molar-refractivity contribution in [2.45, 2.75) is 508 Å². The van der Waals surface area contributed by atoms with Gasteiger partial charge in [0.2, 0.25) is 5.91 Å². The second-order valence-electron chi connectivity index (χ2n) is 29.9. The summed E-state index contributed by atoms with van der Waals surface area (Å²) in [5, 5.41) is 23.4. The van der Waals surface area contributed by atoms with Crippen LogP contribution in [-0.2, 0) is 14.3 Å². The monoisotopic (exact) mass is 1310 g/mol. The van der Waals surface area contributed by atoms with Gasteiger partial charge in [0.1, 0.15) is 0 Å². The molecular weight excluding hydrogens is 1140 g/mol. The van der Waals surface area contributed by atoms with E-state index in [1.807, 2.05) is 0 Å². The summed E-state index contributed by atoms with van der Waals surface area (Å²) in [6.45, 7) is 5.02. The number of allylic oxidation sites excluding steroid dienone is 4. The van der Waals surface area contributed by atoms with Crippen molar-refractivity contribution in [3.05, 3.63) is 24.3 Å². The molecule has 0 aliphatic rings. The number of nitrogens with one attached hydrogen (secondary N) is 1. The molecule has 1 amide bonds. The average Bonchev–Trinajstić information content (AvgIpc) is 3.68. The molecule has 0 saturated heterocycles. The summed E-state index contributed by atoms with van der Waals surface area (Å²) in [6.07, 6.45) is 107. The molecule has 0 spiro atoms. The molecule has 0 rings (SSSR count). The van der Waals surface area contributed by atoms with Crippen LogP contribution >= 0.6 is 0 Å². The van der Waals surface area contributed by atoms with Crippen molar-refractivity contribution in [2.75, 3.05) is 13.2 Å². The molecule has 3 N–H and O–H groups in total. The largest absolute Gasteiger partial charge is 0.466 e. The first-order chi connectivity index (χ1) is 46.0. The third kappa shape index (κ3) is 79.2. The van der Waals surface area contributed by atoms with Crippen LogP contribution in [0.5, 0.6) is 0 Å². The highest BCUT2D eigenvalue weighted by Gasteiger charge is 2.20. The van der Waals surface area contributed by atoms with Crippen LogP contribution in [0.4, 0.5) is 0 Å². The Morgan fingerprint density at radius 1 is 0.301 bits per heavy atom. The van der Waals surface area contributed by atoms with Crippen molar-refractivity contribution in [2.24, 2.45) is 0 Å². The smallest absolute Gasteiger partial charge is 0.305 e. The van der Waals surface area contributed by atoms with Gasteiger partial charge in [0.25, 0.3) is 0 Å². The Bertz CT molecular complexity index is 1460. The summed E-state index contributed by atoms with van der Waals surface area (Å²) in [5.74, 6) is -0.000623. The van der Waals surface area contributed by atoms with E-state index >= 15 is 0 Å². The predicted molar refractivity (Wildman–Crippen MR) is 412 cm³/mol. The van der Waals surface area contributed by atoms with Gasteiger partial charge in [-0.2, -0.15) is 0 Å². The fourth-order valence-corrected chi connectivity index (χ4v) is 14.0. The molecule has 2 unspecified atom stereocenters. The Labute approximate surface area is 583 Å². The van der Waals surface area contributed by atoms with Crippen LogP contribution in [0.2, 0.25) is 0 Å². The molecule has 0 aliphatic heterocycles. The van der Waals surface area contributed by atoms with Gasteiger partial charge >= 0.3 is 5.97 Å². The van der Waals surface area contributed by atoms with Gasteiger partial charge in [-0.15, -0.1) is 0 Å². The topological polar surface area (TPSA) is 95.9 Å². The Balaban J connectivity index is 3.33. The van der Waals surface area contributed by atoms with Crippen molar-refractivity contribution in [1.29, 1.82) is 0 Å². The molecule has 0 aromatic carbocycles. The summed E-state index contributed by atoms with van der Waals surface area (Å²) < 4.78 is 5.52. The van der Waals surface area contributed by atoms with E-state index in [-0.39, 0.29) is 18.5 Å². The van der Waals surface area contributed by atoms with E-state index < -0.39 is 12.1 Å². The van der Waals surface area contributed by atoms with Crippen LogP contribution in [0.15, 0.2) is 24.3 Å². The summed E-state index contributed by atoms with van der Waals surface area (Å²) in [7, 11) is 0. The van der Waals surface area contributed by atoms with Crippen LogP contribution in [0, 0.1) is 0 Å². The molecule has 0 saturated carbocycles. The minimum Gasteiger partial charge on any atom is -0.466 e. The van der Waals surface area contributed by atoms with E-state index in [9.17, 15) is 19.8 Å². The first-order valence-corrected chi connectivity index (χ1v) is 43.1. The van der Waals surface area contributed by atoms with Gasteiger partial charge in [0, 0.05) is 12.8 Å². The van der Waals surface area contributed by atoms with Crippen molar-refractivity contribution in [3.8, 4) is 0 Å². The molecule has 93 heavy (non-hydrogen) atoms. The zero-order valence-corrected chi connectivity index (χ0v) is 63.5. The number of carbonyl (C=O) groups excluding carboxylic acids is 2. The molecule has 0 heterocycles. The van der Waals surface area contributed by atoms with Crippen LogP contribution in [0.1, 0.15) is 495 Å². The average molecular weight is 1310 g/mol. The summed E-state index contributed by atoms with van der Waals surface area (Å²) in [4.78, 5) is 24.7. The van der Waals surface area contributed by atoms with E-state index in [2.05, 4.69) is 43.5 Å². The molecule has 2 atom stereocenters. The maximum absolute atomic E-state index is 12.6. The minimum absolute atomic E-state index is 0.0263. The molecular formula is C87H169NO5. The number of rotatable bonds is 82.